The molecule has 6 rings (SSSR count). The summed E-state index contributed by atoms with van der Waals surface area (Å²) in [6.07, 6.45) is 3.87. The van der Waals surface area contributed by atoms with E-state index in [0.717, 1.165) is 46.5 Å². The fraction of sp³-hybridized carbons (Fsp3) is 0.387. The Kier molecular flexibility index (Phi) is 6.19. The van der Waals surface area contributed by atoms with Crippen molar-refractivity contribution in [3.05, 3.63) is 87.6 Å². The van der Waals surface area contributed by atoms with Gasteiger partial charge in [-0.25, -0.2) is 4.98 Å². The summed E-state index contributed by atoms with van der Waals surface area (Å²) < 4.78 is 0. The zero-order valence-corrected chi connectivity index (χ0v) is 23.2. The third kappa shape index (κ3) is 4.38. The van der Waals surface area contributed by atoms with Crippen LogP contribution in [0, 0.1) is 12.3 Å². The van der Waals surface area contributed by atoms with Gasteiger partial charge in [0.1, 0.15) is 18.6 Å². The van der Waals surface area contributed by atoms with E-state index in [1.165, 1.54) is 0 Å². The van der Waals surface area contributed by atoms with Crippen LogP contribution in [-0.4, -0.2) is 39.6 Å². The Bertz CT molecular complexity index is 1490. The number of aliphatic hydroxyl groups excluding tert-OH is 1. The van der Waals surface area contributed by atoms with Crippen LogP contribution in [0.25, 0.3) is 0 Å². The molecule has 1 spiro atoms. The van der Waals surface area contributed by atoms with E-state index in [-0.39, 0.29) is 24.4 Å². The maximum atomic E-state index is 13.5. The second kappa shape index (κ2) is 9.35. The number of aliphatic hydroxyl groups is 1. The van der Waals surface area contributed by atoms with E-state index in [1.807, 2.05) is 69.3 Å². The lowest BCUT2D eigenvalue weighted by atomic mass is 9.78. The van der Waals surface area contributed by atoms with Gasteiger partial charge in [-0.1, -0.05) is 43.6 Å². The molecule has 2 aromatic carbocycles. The van der Waals surface area contributed by atoms with Gasteiger partial charge in [0, 0.05) is 27.9 Å². The topological polar surface area (TPSA) is 94.6 Å². The molecule has 8 heteroatoms. The molecule has 7 nitrogen and oxygen atoms in total. The minimum Gasteiger partial charge on any atom is -0.373 e. The number of piperidine rings is 1. The molecule has 1 aromatic heterocycles. The molecule has 1 saturated heterocycles. The summed E-state index contributed by atoms with van der Waals surface area (Å²) in [6, 6.07) is 15.4. The first-order valence-corrected chi connectivity index (χ1v) is 13.8. The van der Waals surface area contributed by atoms with Crippen molar-refractivity contribution in [1.29, 1.82) is 0 Å². The maximum Gasteiger partial charge on any atom is 0.244 e. The van der Waals surface area contributed by atoms with Gasteiger partial charge in [0.05, 0.1) is 11.5 Å². The van der Waals surface area contributed by atoms with E-state index in [4.69, 9.17) is 11.6 Å². The summed E-state index contributed by atoms with van der Waals surface area (Å²) >= 11 is 6.19. The number of rotatable bonds is 4. The second-order valence-electron chi connectivity index (χ2n) is 11.9. The van der Waals surface area contributed by atoms with Crippen molar-refractivity contribution < 1.29 is 14.7 Å². The van der Waals surface area contributed by atoms with Gasteiger partial charge in [0.25, 0.3) is 0 Å². The van der Waals surface area contributed by atoms with E-state index in [2.05, 4.69) is 15.6 Å². The summed E-state index contributed by atoms with van der Waals surface area (Å²) in [5.74, 6) is 0.475. The van der Waals surface area contributed by atoms with Gasteiger partial charge in [0.2, 0.25) is 11.8 Å². The van der Waals surface area contributed by atoms with Crippen LogP contribution in [0.4, 0.5) is 11.5 Å². The van der Waals surface area contributed by atoms with Gasteiger partial charge < -0.3 is 20.6 Å². The highest BCUT2D eigenvalue weighted by Gasteiger charge is 2.50. The van der Waals surface area contributed by atoms with Crippen molar-refractivity contribution in [2.45, 2.75) is 64.1 Å². The number of fused-ring (bicyclic) bond motifs is 3. The Morgan fingerprint density at radius 3 is 2.77 bits per heavy atom. The maximum absolute atomic E-state index is 13.5. The largest absolute Gasteiger partial charge is 0.373 e. The first-order chi connectivity index (χ1) is 18.6. The van der Waals surface area contributed by atoms with E-state index in [0.29, 0.717) is 23.6 Å². The quantitative estimate of drug-likeness (QED) is 0.422. The van der Waals surface area contributed by atoms with Crippen molar-refractivity contribution in [3.8, 4) is 0 Å². The molecular weight excluding hydrogens is 512 g/mol. The average Bonchev–Trinajstić information content (AvgIpc) is 3.40. The number of anilines is 2. The van der Waals surface area contributed by atoms with Gasteiger partial charge in [-0.15, -0.1) is 0 Å². The molecule has 1 aliphatic carbocycles. The molecule has 0 radical (unpaired) electrons. The summed E-state index contributed by atoms with van der Waals surface area (Å²) in [4.78, 5) is 33.0. The zero-order chi connectivity index (χ0) is 27.5. The van der Waals surface area contributed by atoms with Crippen LogP contribution < -0.4 is 10.6 Å². The molecular formula is C31H33ClN4O3. The van der Waals surface area contributed by atoms with E-state index >= 15 is 0 Å². The van der Waals surface area contributed by atoms with E-state index in [9.17, 15) is 14.7 Å². The molecule has 2 aliphatic heterocycles. The molecule has 2 amide bonds. The Labute approximate surface area is 233 Å². The number of nitrogens with one attached hydrogen (secondary N) is 2. The average molecular weight is 545 g/mol. The van der Waals surface area contributed by atoms with Crippen LogP contribution in [0.1, 0.15) is 60.5 Å². The summed E-state index contributed by atoms with van der Waals surface area (Å²) in [7, 11) is 0. The van der Waals surface area contributed by atoms with Crippen molar-refractivity contribution in [3.63, 3.8) is 0 Å². The number of hydrogen-bond donors (Lipinski definition) is 3. The van der Waals surface area contributed by atoms with Crippen LogP contribution in [0.5, 0.6) is 0 Å². The minimum absolute atomic E-state index is 0.0193. The first-order valence-electron chi connectivity index (χ1n) is 13.5. The highest BCUT2D eigenvalue weighted by Crippen LogP contribution is 2.49. The zero-order valence-electron chi connectivity index (χ0n) is 22.4. The summed E-state index contributed by atoms with van der Waals surface area (Å²) in [5.41, 5.74) is 4.99. The third-order valence-corrected chi connectivity index (χ3v) is 9.04. The van der Waals surface area contributed by atoms with Gasteiger partial charge in [-0.05, 0) is 85.2 Å². The summed E-state index contributed by atoms with van der Waals surface area (Å²) in [6.45, 7) is 5.85. The van der Waals surface area contributed by atoms with Gasteiger partial charge >= 0.3 is 0 Å². The number of nitrogens with zero attached hydrogens (tertiary/aromatic N) is 2. The molecule has 0 bridgehead atoms. The second-order valence-corrected chi connectivity index (χ2v) is 12.3. The van der Waals surface area contributed by atoms with E-state index < -0.39 is 17.1 Å². The van der Waals surface area contributed by atoms with Gasteiger partial charge in [-0.3, -0.25) is 9.59 Å². The predicted molar refractivity (Wildman–Crippen MR) is 152 cm³/mol. The molecule has 3 N–H and O–H groups in total. The number of carbonyl (C=O) groups is 2. The molecule has 3 aliphatic rings. The molecule has 3 heterocycles. The smallest absolute Gasteiger partial charge is 0.244 e. The lowest BCUT2D eigenvalue weighted by Crippen LogP contribution is -2.50. The van der Waals surface area contributed by atoms with Crippen molar-refractivity contribution in [2.24, 2.45) is 5.41 Å². The number of hydrogen-bond acceptors (Lipinski definition) is 5. The fourth-order valence-corrected chi connectivity index (χ4v) is 6.89. The number of amides is 2. The molecule has 39 heavy (non-hydrogen) atoms. The fourth-order valence-electron chi connectivity index (χ4n) is 6.67. The predicted octanol–water partition coefficient (Wildman–Crippen LogP) is 5.15. The lowest BCUT2D eigenvalue weighted by Gasteiger charge is -2.43. The highest BCUT2D eigenvalue weighted by atomic mass is 35.5. The van der Waals surface area contributed by atoms with Crippen LogP contribution in [0.2, 0.25) is 5.02 Å². The van der Waals surface area contributed by atoms with Crippen LogP contribution in [0.15, 0.2) is 54.7 Å². The normalized spacial score (nSPS) is 24.8. The number of aromatic nitrogens is 1. The number of benzene rings is 2. The molecule has 3 unspecified atom stereocenters. The monoisotopic (exact) mass is 544 g/mol. The van der Waals surface area contributed by atoms with E-state index in [1.54, 1.807) is 11.1 Å². The van der Waals surface area contributed by atoms with Crippen LogP contribution in [-0.2, 0) is 27.8 Å². The molecule has 3 atom stereocenters. The van der Waals surface area contributed by atoms with Crippen molar-refractivity contribution in [1.82, 2.24) is 9.88 Å². The minimum atomic E-state index is -0.727. The molecule has 3 aromatic rings. The van der Waals surface area contributed by atoms with Gasteiger partial charge in [0.15, 0.2) is 0 Å². The first kappa shape index (κ1) is 25.8. The Balaban J connectivity index is 1.21. The number of carbonyl (C=O) groups excluding carboxylic acids is 2. The third-order valence-electron chi connectivity index (χ3n) is 8.81. The number of halogens is 1. The Morgan fingerprint density at radius 2 is 1.97 bits per heavy atom. The number of aryl methyl sites for hydroxylation is 1. The SMILES string of the molecule is Cc1cc(Cl)ccc1C1CCC(C)(C)C(=O)N1CC(=O)Nc1ccc2c(c1)CC1(C2)c2cccnc2NC1O. The van der Waals surface area contributed by atoms with Gasteiger partial charge in [-0.2, -0.15) is 0 Å². The Morgan fingerprint density at radius 1 is 1.18 bits per heavy atom. The standard InChI is InChI=1S/C31H33ClN4O3/c1-18-13-21(32)7-9-23(18)25-10-11-30(2,3)29(39)36(25)17-26(37)34-22-8-6-19-15-31(16-20(19)14-22)24-5-4-12-33-27(24)35-28(31)38/h4-9,12-14,25,28,38H,10-11,15-17H2,1-3H3,(H,33,35)(H,34,37). The summed E-state index contributed by atoms with van der Waals surface area (Å²) in [5, 5.41) is 17.7. The lowest BCUT2D eigenvalue weighted by molar-refractivity contribution is -0.150. The molecule has 202 valence electrons. The molecule has 0 saturated carbocycles. The number of likely N-dealkylation sites (tertiary alicyclic amines) is 1. The van der Waals surface area contributed by atoms with Crippen molar-refractivity contribution in [2.75, 3.05) is 17.2 Å². The van der Waals surface area contributed by atoms with Crippen LogP contribution >= 0.6 is 11.6 Å². The van der Waals surface area contributed by atoms with Crippen molar-refractivity contribution >= 4 is 34.9 Å². The number of pyridine rings is 1. The Hall–Kier alpha value is -3.42. The molecule has 1 fully saturated rings. The van der Waals surface area contributed by atoms with Crippen LogP contribution in [0.3, 0.4) is 0 Å². The highest BCUT2D eigenvalue weighted by molar-refractivity contribution is 6.30.